The van der Waals surface area contributed by atoms with Crippen LogP contribution in [0, 0.1) is 0 Å². The van der Waals surface area contributed by atoms with Crippen LogP contribution in [-0.2, 0) is 4.74 Å². The number of piperazine rings is 1. The summed E-state index contributed by atoms with van der Waals surface area (Å²) in [6.07, 6.45) is 2.95. The van der Waals surface area contributed by atoms with Crippen LogP contribution >= 0.6 is 0 Å². The predicted octanol–water partition coefficient (Wildman–Crippen LogP) is 3.86. The summed E-state index contributed by atoms with van der Waals surface area (Å²) >= 11 is 0. The number of anilines is 2. The van der Waals surface area contributed by atoms with E-state index in [1.807, 2.05) is 18.2 Å². The maximum Gasteiger partial charge on any atom is 0.409 e. The maximum absolute atomic E-state index is 12.8. The molecule has 1 aliphatic heterocycles. The number of hydrogen-bond donors (Lipinski definition) is 1. The first-order chi connectivity index (χ1) is 14.0. The first-order valence-corrected chi connectivity index (χ1v) is 10.0. The normalized spacial score (nSPS) is 14.1. The minimum Gasteiger partial charge on any atom is -0.450 e. The highest BCUT2D eigenvalue weighted by molar-refractivity contribution is 5.95. The minimum absolute atomic E-state index is 0.0835. The number of benzene rings is 1. The van der Waals surface area contributed by atoms with Gasteiger partial charge in [-0.1, -0.05) is 26.0 Å². The molecule has 1 aliphatic rings. The Balaban J connectivity index is 1.62. The highest BCUT2D eigenvalue weighted by Crippen LogP contribution is 2.21. The van der Waals surface area contributed by atoms with Gasteiger partial charge in [-0.3, -0.25) is 9.78 Å². The van der Waals surface area contributed by atoms with E-state index >= 15 is 0 Å². The quantitative estimate of drug-likeness (QED) is 0.831. The van der Waals surface area contributed by atoms with Crippen molar-refractivity contribution < 1.29 is 14.3 Å². The first kappa shape index (κ1) is 20.6. The summed E-state index contributed by atoms with van der Waals surface area (Å²) in [6, 6.07) is 10.1. The Hall–Kier alpha value is -3.09. The lowest BCUT2D eigenvalue weighted by Gasteiger charge is -2.34. The van der Waals surface area contributed by atoms with Crippen molar-refractivity contribution in [2.24, 2.45) is 0 Å². The van der Waals surface area contributed by atoms with Crippen LogP contribution < -0.4 is 5.32 Å². The number of ether oxygens (including phenoxy) is 1. The van der Waals surface area contributed by atoms with E-state index in [1.54, 1.807) is 29.1 Å². The van der Waals surface area contributed by atoms with E-state index in [0.29, 0.717) is 44.3 Å². The smallest absolute Gasteiger partial charge is 0.409 e. The average Bonchev–Trinajstić information content (AvgIpc) is 2.74. The minimum atomic E-state index is -0.323. The standard InChI is InChI=1S/C22H28N4O3/c1-4-29-22(28)26-11-9-25(10-12-26)21(27)18-13-20(15-23-14-18)24-19-7-5-17(6-8-19)16(2)3/h5-8,13-16,24H,4,9-12H2,1-3H3. The van der Waals surface area contributed by atoms with E-state index in [-0.39, 0.29) is 12.0 Å². The third kappa shape index (κ3) is 5.25. The lowest BCUT2D eigenvalue weighted by Crippen LogP contribution is -2.50. The third-order valence-corrected chi connectivity index (χ3v) is 4.94. The molecule has 29 heavy (non-hydrogen) atoms. The molecular weight excluding hydrogens is 368 g/mol. The molecular formula is C22H28N4O3. The molecule has 0 radical (unpaired) electrons. The van der Waals surface area contributed by atoms with E-state index in [4.69, 9.17) is 4.74 Å². The van der Waals surface area contributed by atoms with Gasteiger partial charge >= 0.3 is 6.09 Å². The second-order valence-electron chi connectivity index (χ2n) is 7.34. The molecule has 1 N–H and O–H groups in total. The Kier molecular flexibility index (Phi) is 6.69. The Morgan fingerprint density at radius 3 is 2.31 bits per heavy atom. The fourth-order valence-electron chi connectivity index (χ4n) is 3.23. The van der Waals surface area contributed by atoms with Crippen molar-refractivity contribution in [2.45, 2.75) is 26.7 Å². The van der Waals surface area contributed by atoms with Gasteiger partial charge in [0.15, 0.2) is 0 Å². The molecule has 0 unspecified atom stereocenters. The molecule has 2 heterocycles. The Morgan fingerprint density at radius 2 is 1.69 bits per heavy atom. The monoisotopic (exact) mass is 396 g/mol. The summed E-state index contributed by atoms with van der Waals surface area (Å²) in [5.41, 5.74) is 3.51. The SMILES string of the molecule is CCOC(=O)N1CCN(C(=O)c2cncc(Nc3ccc(C(C)C)cc3)c2)CC1. The zero-order valence-electron chi connectivity index (χ0n) is 17.2. The van der Waals surface area contributed by atoms with Gasteiger partial charge in [-0.05, 0) is 36.6 Å². The fourth-order valence-corrected chi connectivity index (χ4v) is 3.23. The number of carbonyl (C=O) groups is 2. The van der Waals surface area contributed by atoms with Crippen molar-refractivity contribution in [2.75, 3.05) is 38.1 Å². The number of rotatable bonds is 5. The summed E-state index contributed by atoms with van der Waals surface area (Å²) in [5.74, 6) is 0.399. The molecule has 0 saturated carbocycles. The summed E-state index contributed by atoms with van der Waals surface area (Å²) in [7, 11) is 0. The number of amides is 2. The van der Waals surface area contributed by atoms with Crippen molar-refractivity contribution in [3.05, 3.63) is 53.9 Å². The van der Waals surface area contributed by atoms with Crippen LogP contribution in [-0.4, -0.2) is 59.6 Å². The molecule has 2 amide bonds. The molecule has 0 aliphatic carbocycles. The molecule has 0 atom stereocenters. The summed E-state index contributed by atoms with van der Waals surface area (Å²) in [5, 5.41) is 3.30. The topological polar surface area (TPSA) is 74.8 Å². The second-order valence-corrected chi connectivity index (χ2v) is 7.34. The van der Waals surface area contributed by atoms with Gasteiger partial charge in [-0.15, -0.1) is 0 Å². The number of nitrogens with one attached hydrogen (secondary N) is 1. The lowest BCUT2D eigenvalue weighted by molar-refractivity contribution is 0.0570. The van der Waals surface area contributed by atoms with Crippen molar-refractivity contribution in [3.8, 4) is 0 Å². The van der Waals surface area contributed by atoms with E-state index < -0.39 is 0 Å². The molecule has 2 aromatic rings. The van der Waals surface area contributed by atoms with Gasteiger partial charge in [-0.2, -0.15) is 0 Å². The summed E-state index contributed by atoms with van der Waals surface area (Å²) in [6.45, 7) is 8.35. The van der Waals surface area contributed by atoms with E-state index in [1.165, 1.54) is 5.56 Å². The fraction of sp³-hybridized carbons (Fsp3) is 0.409. The summed E-state index contributed by atoms with van der Waals surface area (Å²) in [4.78, 5) is 32.2. The van der Waals surface area contributed by atoms with Crippen molar-refractivity contribution in [1.82, 2.24) is 14.8 Å². The third-order valence-electron chi connectivity index (χ3n) is 4.94. The molecule has 7 nitrogen and oxygen atoms in total. The maximum atomic E-state index is 12.8. The molecule has 1 aromatic carbocycles. The Labute approximate surface area is 171 Å². The number of hydrogen-bond acceptors (Lipinski definition) is 5. The van der Waals surface area contributed by atoms with Crippen LogP contribution in [0.2, 0.25) is 0 Å². The molecule has 0 bridgehead atoms. The molecule has 0 spiro atoms. The molecule has 3 rings (SSSR count). The molecule has 7 heteroatoms. The van der Waals surface area contributed by atoms with Crippen LogP contribution in [0.25, 0.3) is 0 Å². The van der Waals surface area contributed by atoms with E-state index in [2.05, 4.69) is 36.3 Å². The van der Waals surface area contributed by atoms with Crippen LogP contribution in [0.15, 0.2) is 42.7 Å². The molecule has 1 aromatic heterocycles. The van der Waals surface area contributed by atoms with Crippen LogP contribution in [0.1, 0.15) is 42.6 Å². The van der Waals surface area contributed by atoms with Gasteiger partial charge in [0.2, 0.25) is 0 Å². The van der Waals surface area contributed by atoms with Gasteiger partial charge in [0, 0.05) is 38.1 Å². The molecule has 154 valence electrons. The van der Waals surface area contributed by atoms with Gasteiger partial charge < -0.3 is 19.9 Å². The van der Waals surface area contributed by atoms with E-state index in [0.717, 1.165) is 11.4 Å². The van der Waals surface area contributed by atoms with Crippen molar-refractivity contribution >= 4 is 23.4 Å². The summed E-state index contributed by atoms with van der Waals surface area (Å²) < 4.78 is 5.02. The highest BCUT2D eigenvalue weighted by atomic mass is 16.6. The number of nitrogens with zero attached hydrogens (tertiary/aromatic N) is 3. The zero-order valence-corrected chi connectivity index (χ0v) is 17.2. The Bertz CT molecular complexity index is 843. The van der Waals surface area contributed by atoms with Gasteiger partial charge in [0.1, 0.15) is 0 Å². The van der Waals surface area contributed by atoms with E-state index in [9.17, 15) is 9.59 Å². The van der Waals surface area contributed by atoms with Gasteiger partial charge in [0.25, 0.3) is 5.91 Å². The number of aromatic nitrogens is 1. The second kappa shape index (κ2) is 9.41. The highest BCUT2D eigenvalue weighted by Gasteiger charge is 2.25. The largest absolute Gasteiger partial charge is 0.450 e. The molecule has 1 saturated heterocycles. The molecule has 1 fully saturated rings. The van der Waals surface area contributed by atoms with Gasteiger partial charge in [0.05, 0.1) is 24.1 Å². The Morgan fingerprint density at radius 1 is 1.03 bits per heavy atom. The number of pyridine rings is 1. The average molecular weight is 396 g/mol. The lowest BCUT2D eigenvalue weighted by atomic mass is 10.0. The predicted molar refractivity (Wildman–Crippen MR) is 113 cm³/mol. The van der Waals surface area contributed by atoms with Crippen LogP contribution in [0.5, 0.6) is 0 Å². The van der Waals surface area contributed by atoms with Crippen LogP contribution in [0.3, 0.4) is 0 Å². The zero-order chi connectivity index (χ0) is 20.8. The van der Waals surface area contributed by atoms with Gasteiger partial charge in [-0.25, -0.2) is 4.79 Å². The van der Waals surface area contributed by atoms with Crippen LogP contribution in [0.4, 0.5) is 16.2 Å². The first-order valence-electron chi connectivity index (χ1n) is 10.0. The van der Waals surface area contributed by atoms with Crippen molar-refractivity contribution in [1.29, 1.82) is 0 Å². The van der Waals surface area contributed by atoms with Crippen molar-refractivity contribution in [3.63, 3.8) is 0 Å². The number of carbonyl (C=O) groups excluding carboxylic acids is 2.